The van der Waals surface area contributed by atoms with Gasteiger partial charge in [0.2, 0.25) is 0 Å². The number of amides is 1. The molecule has 2 aliphatic rings. The van der Waals surface area contributed by atoms with E-state index < -0.39 is 11.9 Å². The van der Waals surface area contributed by atoms with Crippen molar-refractivity contribution in [3.05, 3.63) is 33.8 Å². The third-order valence-electron chi connectivity index (χ3n) is 4.18. The van der Waals surface area contributed by atoms with Crippen LogP contribution in [-0.4, -0.2) is 41.6 Å². The maximum Gasteiger partial charge on any atom is 0.308 e. The molecule has 1 N–H and O–H groups in total. The fourth-order valence-electron chi connectivity index (χ4n) is 2.93. The number of hydrogen-bond acceptors (Lipinski definition) is 3. The van der Waals surface area contributed by atoms with E-state index in [0.717, 1.165) is 15.8 Å². The second kappa shape index (κ2) is 5.76. The standard InChI is InChI=1S/C16H16BrNO4/c1-9-6-18(7-13(9)16(20)21)15(19)11-4-10-5-12(17)2-3-14(10)22-8-11/h2-5,9,13H,6-8H2,1H3,(H,20,21)/t9-,13-/m1/s1. The highest BCUT2D eigenvalue weighted by Crippen LogP contribution is 2.31. The number of aliphatic carboxylic acids is 1. The number of carbonyl (C=O) groups is 2. The molecule has 0 spiro atoms. The van der Waals surface area contributed by atoms with Gasteiger partial charge in [-0.1, -0.05) is 22.9 Å². The number of halogens is 1. The topological polar surface area (TPSA) is 66.8 Å². The number of benzene rings is 1. The summed E-state index contributed by atoms with van der Waals surface area (Å²) in [6.07, 6.45) is 1.82. The minimum absolute atomic E-state index is 0.0343. The number of fused-ring (bicyclic) bond motifs is 1. The van der Waals surface area contributed by atoms with E-state index in [1.807, 2.05) is 31.2 Å². The average molecular weight is 366 g/mol. The summed E-state index contributed by atoms with van der Waals surface area (Å²) < 4.78 is 6.54. The van der Waals surface area contributed by atoms with Gasteiger partial charge in [-0.15, -0.1) is 0 Å². The molecule has 0 aromatic heterocycles. The van der Waals surface area contributed by atoms with Gasteiger partial charge in [0.25, 0.3) is 5.91 Å². The lowest BCUT2D eigenvalue weighted by molar-refractivity contribution is -0.142. The fourth-order valence-corrected chi connectivity index (χ4v) is 3.31. The van der Waals surface area contributed by atoms with E-state index in [2.05, 4.69) is 15.9 Å². The Bertz CT molecular complexity index is 670. The summed E-state index contributed by atoms with van der Waals surface area (Å²) >= 11 is 3.40. The van der Waals surface area contributed by atoms with E-state index in [-0.39, 0.29) is 25.0 Å². The Hall–Kier alpha value is -1.82. The quantitative estimate of drug-likeness (QED) is 0.873. The Labute approximate surface area is 136 Å². The Balaban J connectivity index is 1.80. The maximum atomic E-state index is 12.6. The van der Waals surface area contributed by atoms with Crippen molar-refractivity contribution < 1.29 is 19.4 Å². The van der Waals surface area contributed by atoms with Crippen LogP contribution in [0.4, 0.5) is 0 Å². The number of likely N-dealkylation sites (tertiary alicyclic amines) is 1. The highest BCUT2D eigenvalue weighted by Gasteiger charge is 2.38. The summed E-state index contributed by atoms with van der Waals surface area (Å²) in [6, 6.07) is 5.64. The monoisotopic (exact) mass is 365 g/mol. The van der Waals surface area contributed by atoms with E-state index in [9.17, 15) is 14.7 Å². The molecule has 1 amide bonds. The first-order valence-electron chi connectivity index (χ1n) is 7.10. The Morgan fingerprint density at radius 2 is 2.14 bits per heavy atom. The number of ether oxygens (including phenoxy) is 1. The molecule has 116 valence electrons. The van der Waals surface area contributed by atoms with E-state index in [4.69, 9.17) is 4.74 Å². The third-order valence-corrected chi connectivity index (χ3v) is 4.67. The van der Waals surface area contributed by atoms with Gasteiger partial charge in [0.1, 0.15) is 12.4 Å². The molecule has 1 fully saturated rings. The summed E-state index contributed by atoms with van der Waals surface area (Å²) in [7, 11) is 0. The van der Waals surface area contributed by atoms with Crippen LogP contribution < -0.4 is 4.74 Å². The second-order valence-electron chi connectivity index (χ2n) is 5.77. The first-order chi connectivity index (χ1) is 10.5. The lowest BCUT2D eigenvalue weighted by atomic mass is 9.99. The van der Waals surface area contributed by atoms with E-state index >= 15 is 0 Å². The van der Waals surface area contributed by atoms with Gasteiger partial charge in [-0.05, 0) is 30.2 Å². The third kappa shape index (κ3) is 2.75. The second-order valence-corrected chi connectivity index (χ2v) is 6.69. The van der Waals surface area contributed by atoms with E-state index in [0.29, 0.717) is 12.1 Å². The highest BCUT2D eigenvalue weighted by molar-refractivity contribution is 9.10. The minimum atomic E-state index is -0.842. The van der Waals surface area contributed by atoms with Crippen molar-refractivity contribution in [2.24, 2.45) is 11.8 Å². The summed E-state index contributed by atoms with van der Waals surface area (Å²) in [5, 5.41) is 9.17. The van der Waals surface area contributed by atoms with Crippen LogP contribution in [-0.2, 0) is 9.59 Å². The van der Waals surface area contributed by atoms with Gasteiger partial charge in [-0.2, -0.15) is 0 Å². The molecule has 22 heavy (non-hydrogen) atoms. The molecule has 6 heteroatoms. The number of carbonyl (C=O) groups excluding carboxylic acids is 1. The molecule has 2 atom stereocenters. The largest absolute Gasteiger partial charge is 0.488 e. The van der Waals surface area contributed by atoms with Crippen LogP contribution in [0.1, 0.15) is 12.5 Å². The molecule has 0 unspecified atom stereocenters. The van der Waals surface area contributed by atoms with Gasteiger partial charge >= 0.3 is 5.97 Å². The molecule has 2 heterocycles. The fraction of sp³-hybridized carbons (Fsp3) is 0.375. The minimum Gasteiger partial charge on any atom is -0.488 e. The van der Waals surface area contributed by atoms with E-state index in [1.165, 1.54) is 0 Å². The molecule has 0 saturated carbocycles. The van der Waals surface area contributed by atoms with Crippen LogP contribution in [0.5, 0.6) is 5.75 Å². The Morgan fingerprint density at radius 1 is 1.36 bits per heavy atom. The molecule has 0 radical (unpaired) electrons. The zero-order valence-corrected chi connectivity index (χ0v) is 13.7. The Kier molecular flexibility index (Phi) is 3.95. The molecule has 1 saturated heterocycles. The van der Waals surface area contributed by atoms with Crippen LogP contribution in [0.25, 0.3) is 6.08 Å². The van der Waals surface area contributed by atoms with E-state index in [1.54, 1.807) is 4.90 Å². The summed E-state index contributed by atoms with van der Waals surface area (Å²) in [4.78, 5) is 25.4. The zero-order chi connectivity index (χ0) is 15.9. The Morgan fingerprint density at radius 3 is 2.82 bits per heavy atom. The molecule has 2 aliphatic heterocycles. The van der Waals surface area contributed by atoms with Gasteiger partial charge in [-0.25, -0.2) is 0 Å². The normalized spacial score (nSPS) is 23.5. The number of nitrogens with zero attached hydrogens (tertiary/aromatic N) is 1. The van der Waals surface area contributed by atoms with Gasteiger partial charge in [-0.3, -0.25) is 9.59 Å². The van der Waals surface area contributed by atoms with Crippen LogP contribution >= 0.6 is 15.9 Å². The van der Waals surface area contributed by atoms with Crippen LogP contribution in [0.3, 0.4) is 0 Å². The predicted molar refractivity (Wildman–Crippen MR) is 84.5 cm³/mol. The SMILES string of the molecule is C[C@@H]1CN(C(=O)C2=Cc3cc(Br)ccc3OC2)C[C@H]1C(=O)O. The molecule has 1 aromatic carbocycles. The predicted octanol–water partition coefficient (Wildman–Crippen LogP) is 2.40. The molecular weight excluding hydrogens is 350 g/mol. The number of hydrogen-bond donors (Lipinski definition) is 1. The number of rotatable bonds is 2. The molecule has 0 bridgehead atoms. The van der Waals surface area contributed by atoms with Crippen molar-refractivity contribution in [2.45, 2.75) is 6.92 Å². The molecule has 0 aliphatic carbocycles. The summed E-state index contributed by atoms with van der Waals surface area (Å²) in [5.74, 6) is -0.756. The lowest BCUT2D eigenvalue weighted by Gasteiger charge is -2.22. The van der Waals surface area contributed by atoms with Crippen molar-refractivity contribution in [1.82, 2.24) is 4.90 Å². The zero-order valence-electron chi connectivity index (χ0n) is 12.1. The highest BCUT2D eigenvalue weighted by atomic mass is 79.9. The molecule has 5 nitrogen and oxygen atoms in total. The van der Waals surface area contributed by atoms with Crippen LogP contribution in [0.2, 0.25) is 0 Å². The van der Waals surface area contributed by atoms with Crippen LogP contribution in [0.15, 0.2) is 28.2 Å². The first kappa shape index (κ1) is 15.1. The van der Waals surface area contributed by atoms with Crippen molar-refractivity contribution in [3.8, 4) is 5.75 Å². The van der Waals surface area contributed by atoms with Gasteiger partial charge in [0.15, 0.2) is 0 Å². The summed E-state index contributed by atoms with van der Waals surface area (Å²) in [5.41, 5.74) is 1.41. The first-order valence-corrected chi connectivity index (χ1v) is 7.90. The molecule has 1 aromatic rings. The molecular formula is C16H16BrNO4. The van der Waals surface area contributed by atoms with Crippen LogP contribution in [0, 0.1) is 11.8 Å². The van der Waals surface area contributed by atoms with Gasteiger partial charge in [0.05, 0.1) is 11.5 Å². The van der Waals surface area contributed by atoms with Crippen molar-refractivity contribution in [2.75, 3.05) is 19.7 Å². The number of carboxylic acid groups (broad SMARTS) is 1. The summed E-state index contributed by atoms with van der Waals surface area (Å²) in [6.45, 7) is 2.82. The maximum absolute atomic E-state index is 12.6. The van der Waals surface area contributed by atoms with Gasteiger partial charge < -0.3 is 14.7 Å². The molecule has 3 rings (SSSR count). The average Bonchev–Trinajstić information content (AvgIpc) is 2.88. The smallest absolute Gasteiger partial charge is 0.308 e. The lowest BCUT2D eigenvalue weighted by Crippen LogP contribution is -2.33. The van der Waals surface area contributed by atoms with Crippen molar-refractivity contribution in [3.63, 3.8) is 0 Å². The van der Waals surface area contributed by atoms with Crippen molar-refractivity contribution in [1.29, 1.82) is 0 Å². The number of carboxylic acids is 1. The van der Waals surface area contributed by atoms with Crippen molar-refractivity contribution >= 4 is 33.9 Å². The van der Waals surface area contributed by atoms with Gasteiger partial charge in [0, 0.05) is 23.1 Å².